The van der Waals surface area contributed by atoms with E-state index in [-0.39, 0.29) is 11.3 Å². The van der Waals surface area contributed by atoms with Crippen LogP contribution in [0, 0.1) is 0 Å². The number of nitrogens with zero attached hydrogens (tertiary/aromatic N) is 3. The van der Waals surface area contributed by atoms with Crippen LogP contribution in [-0.4, -0.2) is 39.5 Å². The normalized spacial score (nSPS) is 12.1. The number of nitrogens with two attached hydrogens (primary N) is 1. The van der Waals surface area contributed by atoms with Crippen LogP contribution in [0.2, 0.25) is 0 Å². The zero-order chi connectivity index (χ0) is 29.7. The Labute approximate surface area is 238 Å². The lowest BCUT2D eigenvalue weighted by Crippen LogP contribution is -2.34. The van der Waals surface area contributed by atoms with Gasteiger partial charge in [0.05, 0.1) is 17.8 Å². The first-order chi connectivity index (χ1) is 20.2. The van der Waals surface area contributed by atoms with Crippen LogP contribution in [0.25, 0.3) is 33.3 Å². The Morgan fingerprint density at radius 2 is 1.69 bits per heavy atom. The molecule has 11 heteroatoms. The monoisotopic (exact) mass is 571 g/mol. The molecule has 0 aliphatic carbocycles. The molecule has 0 spiro atoms. The van der Waals surface area contributed by atoms with Crippen molar-refractivity contribution in [3.05, 3.63) is 114 Å². The zero-order valence-corrected chi connectivity index (χ0v) is 22.0. The summed E-state index contributed by atoms with van der Waals surface area (Å²) in [6, 6.07) is 23.6. The number of amides is 1. The first-order valence-corrected chi connectivity index (χ1v) is 12.8. The van der Waals surface area contributed by atoms with Crippen LogP contribution in [0.1, 0.15) is 27.7 Å². The lowest BCUT2D eigenvalue weighted by atomic mass is 9.96. The minimum Gasteiger partial charge on any atom is -0.449 e. The molecular weight excluding hydrogens is 547 g/mol. The molecule has 0 saturated heterocycles. The number of ether oxygens (including phenoxy) is 1. The number of halogens is 3. The maximum atomic E-state index is 13.4. The van der Waals surface area contributed by atoms with Crippen LogP contribution in [0.5, 0.6) is 0 Å². The van der Waals surface area contributed by atoms with Crippen molar-refractivity contribution in [2.45, 2.75) is 18.8 Å². The van der Waals surface area contributed by atoms with Crippen LogP contribution in [-0.2, 0) is 16.1 Å². The number of fused-ring (bicyclic) bond motifs is 1. The number of hydrogen-bond donors (Lipinski definition) is 2. The van der Waals surface area contributed by atoms with Crippen LogP contribution in [0.3, 0.4) is 0 Å². The molecule has 0 saturated carbocycles. The van der Waals surface area contributed by atoms with Crippen molar-refractivity contribution in [2.75, 3.05) is 6.54 Å². The number of esters is 1. The number of carbonyl (C=O) groups is 2. The number of aromatic nitrogens is 3. The van der Waals surface area contributed by atoms with Gasteiger partial charge in [0.2, 0.25) is 0 Å². The van der Waals surface area contributed by atoms with E-state index in [0.717, 1.165) is 22.3 Å². The number of rotatable bonds is 8. The number of nitrogens with one attached hydrogen (secondary N) is 1. The van der Waals surface area contributed by atoms with Crippen LogP contribution in [0.15, 0.2) is 97.5 Å². The molecule has 5 aromatic rings. The third kappa shape index (κ3) is 6.26. The Bertz CT molecular complexity index is 1710. The lowest BCUT2D eigenvalue weighted by molar-refractivity contribution is -0.205. The van der Waals surface area contributed by atoms with E-state index in [1.807, 2.05) is 60.7 Å². The third-order valence-corrected chi connectivity index (χ3v) is 6.49. The van der Waals surface area contributed by atoms with Gasteiger partial charge in [0.1, 0.15) is 11.8 Å². The number of carbonyl (C=O) groups excluding carboxylic acids is 2. The third-order valence-electron chi connectivity index (χ3n) is 6.49. The van der Waals surface area contributed by atoms with Gasteiger partial charge < -0.3 is 15.8 Å². The van der Waals surface area contributed by atoms with Gasteiger partial charge in [-0.1, -0.05) is 60.7 Å². The zero-order valence-electron chi connectivity index (χ0n) is 22.0. The predicted molar refractivity (Wildman–Crippen MR) is 150 cm³/mol. The summed E-state index contributed by atoms with van der Waals surface area (Å²) in [6.45, 7) is -0.0485. The van der Waals surface area contributed by atoms with Gasteiger partial charge in [-0.3, -0.25) is 14.8 Å². The molecule has 0 bridgehead atoms. The highest BCUT2D eigenvalue weighted by Crippen LogP contribution is 2.34. The standard InChI is InChI=1S/C31H24F3N5O3/c32-31(33,34)30(41)42-26(22-7-4-13-36-17-22)18-38-29(40)28-24-15-23(20-5-2-1-3-6-20)27(39-25(24)12-14-37-28)21-10-8-19(16-35)9-11-21/h1-15,17,26H,16,18,35H2,(H,38,40). The summed E-state index contributed by atoms with van der Waals surface area (Å²) in [5.74, 6) is -3.06. The molecule has 0 fully saturated rings. The minimum atomic E-state index is -5.20. The average Bonchev–Trinajstić information content (AvgIpc) is 3.02. The van der Waals surface area contributed by atoms with Crippen molar-refractivity contribution in [2.24, 2.45) is 5.73 Å². The maximum Gasteiger partial charge on any atom is 0.490 e. The Morgan fingerprint density at radius 1 is 0.929 bits per heavy atom. The van der Waals surface area contributed by atoms with Crippen molar-refractivity contribution >= 4 is 22.8 Å². The molecule has 42 heavy (non-hydrogen) atoms. The van der Waals surface area contributed by atoms with Crippen molar-refractivity contribution in [1.29, 1.82) is 0 Å². The van der Waals surface area contributed by atoms with E-state index in [1.165, 1.54) is 30.7 Å². The maximum absolute atomic E-state index is 13.4. The molecule has 3 aromatic heterocycles. The van der Waals surface area contributed by atoms with E-state index in [4.69, 9.17) is 10.7 Å². The van der Waals surface area contributed by atoms with Gasteiger partial charge in [-0.25, -0.2) is 9.78 Å². The molecule has 5 rings (SSSR count). The fourth-order valence-electron chi connectivity index (χ4n) is 4.39. The second kappa shape index (κ2) is 12.1. The molecule has 1 unspecified atom stereocenters. The Kier molecular flexibility index (Phi) is 8.21. The number of alkyl halides is 3. The Hall–Kier alpha value is -5.16. The van der Waals surface area contributed by atoms with Crippen LogP contribution >= 0.6 is 0 Å². The molecule has 3 heterocycles. The van der Waals surface area contributed by atoms with Gasteiger partial charge in [0.15, 0.2) is 0 Å². The molecule has 212 valence electrons. The highest BCUT2D eigenvalue weighted by atomic mass is 19.4. The lowest BCUT2D eigenvalue weighted by Gasteiger charge is -2.19. The second-order valence-electron chi connectivity index (χ2n) is 9.27. The molecule has 1 atom stereocenters. The van der Waals surface area contributed by atoms with Crippen molar-refractivity contribution in [3.8, 4) is 22.4 Å². The van der Waals surface area contributed by atoms with E-state index in [1.54, 1.807) is 6.07 Å². The quantitative estimate of drug-likeness (QED) is 0.240. The molecular formula is C31H24F3N5O3. The van der Waals surface area contributed by atoms with Crippen molar-refractivity contribution in [1.82, 2.24) is 20.3 Å². The number of hydrogen-bond acceptors (Lipinski definition) is 7. The van der Waals surface area contributed by atoms with Gasteiger partial charge in [-0.15, -0.1) is 0 Å². The predicted octanol–water partition coefficient (Wildman–Crippen LogP) is 5.39. The molecule has 0 aliphatic heterocycles. The Morgan fingerprint density at radius 3 is 2.36 bits per heavy atom. The average molecular weight is 572 g/mol. The topological polar surface area (TPSA) is 120 Å². The summed E-state index contributed by atoms with van der Waals surface area (Å²) >= 11 is 0. The minimum absolute atomic E-state index is 0.00861. The fraction of sp³-hybridized carbons (Fsp3) is 0.129. The van der Waals surface area contributed by atoms with E-state index in [0.29, 0.717) is 23.1 Å². The fourth-order valence-corrected chi connectivity index (χ4v) is 4.39. The molecule has 3 N–H and O–H groups in total. The van der Waals surface area contributed by atoms with Gasteiger partial charge in [-0.2, -0.15) is 13.2 Å². The smallest absolute Gasteiger partial charge is 0.449 e. The van der Waals surface area contributed by atoms with E-state index in [2.05, 4.69) is 20.0 Å². The number of benzene rings is 2. The van der Waals surface area contributed by atoms with Crippen molar-refractivity contribution in [3.63, 3.8) is 0 Å². The first-order valence-electron chi connectivity index (χ1n) is 12.8. The summed E-state index contributed by atoms with van der Waals surface area (Å²) in [5.41, 5.74) is 10.5. The molecule has 8 nitrogen and oxygen atoms in total. The summed E-state index contributed by atoms with van der Waals surface area (Å²) in [4.78, 5) is 37.9. The van der Waals surface area contributed by atoms with Crippen LogP contribution < -0.4 is 11.1 Å². The molecule has 0 radical (unpaired) electrons. The highest BCUT2D eigenvalue weighted by Gasteiger charge is 2.42. The van der Waals surface area contributed by atoms with Crippen LogP contribution in [0.4, 0.5) is 13.2 Å². The molecule has 0 aliphatic rings. The summed E-state index contributed by atoms with van der Waals surface area (Å²) in [7, 11) is 0. The SMILES string of the molecule is NCc1ccc(-c2nc3ccnc(C(=O)NCC(OC(=O)C(F)(F)F)c4cccnc4)c3cc2-c2ccccc2)cc1. The van der Waals surface area contributed by atoms with Crippen molar-refractivity contribution < 1.29 is 27.5 Å². The summed E-state index contributed by atoms with van der Waals surface area (Å²) < 4.78 is 43.5. The van der Waals surface area contributed by atoms with Gasteiger partial charge in [0.25, 0.3) is 5.91 Å². The molecule has 1 amide bonds. The summed E-state index contributed by atoms with van der Waals surface area (Å²) in [6.07, 6.45) is -2.54. The summed E-state index contributed by atoms with van der Waals surface area (Å²) in [5, 5.41) is 2.98. The first kappa shape index (κ1) is 28.4. The molecule has 2 aromatic carbocycles. The number of pyridine rings is 3. The van der Waals surface area contributed by atoms with E-state index < -0.39 is 30.7 Å². The second-order valence-corrected chi connectivity index (χ2v) is 9.27. The van der Waals surface area contributed by atoms with E-state index >= 15 is 0 Å². The van der Waals surface area contributed by atoms with Gasteiger partial charge >= 0.3 is 12.1 Å². The van der Waals surface area contributed by atoms with E-state index in [9.17, 15) is 22.8 Å². The van der Waals surface area contributed by atoms with Gasteiger partial charge in [0, 0.05) is 47.2 Å². The largest absolute Gasteiger partial charge is 0.490 e. The van der Waals surface area contributed by atoms with Gasteiger partial charge in [-0.05, 0) is 29.3 Å². The Balaban J connectivity index is 1.51. The highest BCUT2D eigenvalue weighted by molar-refractivity contribution is 6.06.